The molecule has 0 spiro atoms. The lowest BCUT2D eigenvalue weighted by Gasteiger charge is -2.05. The molecule has 0 atom stereocenters. The van der Waals surface area contributed by atoms with Gasteiger partial charge in [0, 0.05) is 14.2 Å². The summed E-state index contributed by atoms with van der Waals surface area (Å²) < 4.78 is 0. The van der Waals surface area contributed by atoms with Crippen LogP contribution >= 0.6 is 0 Å². The topological polar surface area (TPSA) is 40.5 Å². The summed E-state index contributed by atoms with van der Waals surface area (Å²) >= 11 is 0. The van der Waals surface area contributed by atoms with E-state index < -0.39 is 0 Å². The molecule has 1 aliphatic rings. The molecule has 2 N–H and O–H groups in total. The van der Waals surface area contributed by atoms with Gasteiger partial charge in [0.2, 0.25) is 0 Å². The normalized spacial score (nSPS) is 12.8. The van der Waals surface area contributed by atoms with Crippen molar-refractivity contribution in [2.24, 2.45) is 0 Å². The zero-order valence-electron chi connectivity index (χ0n) is 10.6. The third-order valence-electron chi connectivity index (χ3n) is 2.17. The highest BCUT2D eigenvalue weighted by molar-refractivity contribution is 4.99. The van der Waals surface area contributed by atoms with Crippen molar-refractivity contribution in [1.29, 1.82) is 0 Å². The van der Waals surface area contributed by atoms with Crippen LogP contribution in [0.5, 0.6) is 0 Å². The van der Waals surface area contributed by atoms with Crippen LogP contribution in [-0.4, -0.2) is 24.4 Å². The molecule has 2 heteroatoms. The molecule has 0 heterocycles. The smallest absolute Gasteiger partial charge is 0.0319 e. The zero-order valence-corrected chi connectivity index (χ0v) is 10.6. The summed E-state index contributed by atoms with van der Waals surface area (Å²) in [5.41, 5.74) is 0. The highest BCUT2D eigenvalue weighted by Gasteiger charge is 1.95. The van der Waals surface area contributed by atoms with Crippen molar-refractivity contribution in [3.05, 3.63) is 36.4 Å². The second-order valence-corrected chi connectivity index (χ2v) is 3.28. The number of aliphatic hydroxyl groups is 2. The predicted octanol–water partition coefficient (Wildman–Crippen LogP) is 3.24. The van der Waals surface area contributed by atoms with Crippen molar-refractivity contribution < 1.29 is 10.2 Å². The van der Waals surface area contributed by atoms with E-state index in [1.807, 2.05) is 36.4 Å². The Bertz CT molecular complexity index is 133. The van der Waals surface area contributed by atoms with Gasteiger partial charge in [-0.05, 0) is 0 Å². The molecule has 0 saturated heterocycles. The number of aliphatic hydroxyl groups excluding tert-OH is 2. The van der Waals surface area contributed by atoms with E-state index in [4.69, 9.17) is 10.2 Å². The summed E-state index contributed by atoms with van der Waals surface area (Å²) in [4.78, 5) is 0. The highest BCUT2D eigenvalue weighted by atomic mass is 16.2. The van der Waals surface area contributed by atoms with Crippen molar-refractivity contribution >= 4 is 0 Å². The van der Waals surface area contributed by atoms with Crippen molar-refractivity contribution in [3.8, 4) is 0 Å². The third-order valence-corrected chi connectivity index (χ3v) is 2.17. The molecule has 1 fully saturated rings. The molecule has 94 valence electrons. The minimum Gasteiger partial charge on any atom is -0.400 e. The quantitative estimate of drug-likeness (QED) is 0.713. The number of hydrogen-bond acceptors (Lipinski definition) is 2. The van der Waals surface area contributed by atoms with E-state index in [2.05, 4.69) is 0 Å². The maximum atomic E-state index is 7.00. The fraction of sp³-hybridized carbons (Fsp3) is 0.571. The molecule has 1 aromatic rings. The zero-order chi connectivity index (χ0) is 12.5. The van der Waals surface area contributed by atoms with Gasteiger partial charge >= 0.3 is 0 Å². The first-order chi connectivity index (χ1) is 8.00. The SMILES string of the molecule is C1CCCCC1.CO.CO.c1ccccc1. The molecule has 2 nitrogen and oxygen atoms in total. The van der Waals surface area contributed by atoms with E-state index in [9.17, 15) is 0 Å². The first-order valence-corrected chi connectivity index (χ1v) is 5.89. The van der Waals surface area contributed by atoms with Gasteiger partial charge in [-0.3, -0.25) is 0 Å². The van der Waals surface area contributed by atoms with E-state index in [1.54, 1.807) is 0 Å². The maximum Gasteiger partial charge on any atom is 0.0319 e. The van der Waals surface area contributed by atoms with Gasteiger partial charge < -0.3 is 10.2 Å². The number of hydrogen-bond donors (Lipinski definition) is 2. The van der Waals surface area contributed by atoms with Crippen LogP contribution in [0.4, 0.5) is 0 Å². The van der Waals surface area contributed by atoms with Gasteiger partial charge in [-0.1, -0.05) is 74.9 Å². The van der Waals surface area contributed by atoms with Gasteiger partial charge in [-0.2, -0.15) is 0 Å². The van der Waals surface area contributed by atoms with Gasteiger partial charge in [0.1, 0.15) is 0 Å². The fourth-order valence-corrected chi connectivity index (χ4v) is 1.45. The van der Waals surface area contributed by atoms with Gasteiger partial charge in [0.25, 0.3) is 0 Å². The van der Waals surface area contributed by atoms with E-state index in [1.165, 1.54) is 38.5 Å². The monoisotopic (exact) mass is 226 g/mol. The van der Waals surface area contributed by atoms with Gasteiger partial charge in [-0.15, -0.1) is 0 Å². The van der Waals surface area contributed by atoms with E-state index in [0.717, 1.165) is 14.2 Å². The third kappa shape index (κ3) is 15.6. The predicted molar refractivity (Wildman–Crippen MR) is 70.4 cm³/mol. The van der Waals surface area contributed by atoms with E-state index in [-0.39, 0.29) is 0 Å². The van der Waals surface area contributed by atoms with Crippen LogP contribution in [0.15, 0.2) is 36.4 Å². The van der Waals surface area contributed by atoms with Crippen LogP contribution in [0.3, 0.4) is 0 Å². The van der Waals surface area contributed by atoms with Crippen molar-refractivity contribution in [2.75, 3.05) is 14.2 Å². The van der Waals surface area contributed by atoms with Gasteiger partial charge in [0.15, 0.2) is 0 Å². The Morgan fingerprint density at radius 1 is 0.438 bits per heavy atom. The molecule has 16 heavy (non-hydrogen) atoms. The van der Waals surface area contributed by atoms with Crippen LogP contribution in [0.2, 0.25) is 0 Å². The van der Waals surface area contributed by atoms with E-state index in [0.29, 0.717) is 0 Å². The highest BCUT2D eigenvalue weighted by Crippen LogP contribution is 2.15. The Balaban J connectivity index is 0. The molecule has 0 aliphatic heterocycles. The molecule has 1 saturated carbocycles. The molecule has 0 amide bonds. The Morgan fingerprint density at radius 3 is 0.688 bits per heavy atom. The maximum absolute atomic E-state index is 7.00. The van der Waals surface area contributed by atoms with Crippen LogP contribution in [0.25, 0.3) is 0 Å². The Morgan fingerprint density at radius 2 is 0.562 bits per heavy atom. The average Bonchev–Trinajstić information content (AvgIpc) is 2.48. The first kappa shape index (κ1) is 17.5. The Hall–Kier alpha value is -0.860. The Labute approximate surface area is 100.0 Å². The summed E-state index contributed by atoms with van der Waals surface area (Å²) in [7, 11) is 2.00. The second kappa shape index (κ2) is 19.7. The minimum atomic E-state index is 1.00. The summed E-state index contributed by atoms with van der Waals surface area (Å²) in [5, 5.41) is 14.0. The summed E-state index contributed by atoms with van der Waals surface area (Å²) in [5.74, 6) is 0. The molecule has 0 radical (unpaired) electrons. The molecular formula is C14H26O2. The lowest BCUT2D eigenvalue weighted by atomic mass is 10.0. The Kier molecular flexibility index (Phi) is 21.6. The molecule has 2 rings (SSSR count). The van der Waals surface area contributed by atoms with Crippen molar-refractivity contribution in [3.63, 3.8) is 0 Å². The second-order valence-electron chi connectivity index (χ2n) is 3.28. The molecule has 0 bridgehead atoms. The lowest BCUT2D eigenvalue weighted by molar-refractivity contribution is 0.399. The van der Waals surface area contributed by atoms with Crippen molar-refractivity contribution in [2.45, 2.75) is 38.5 Å². The van der Waals surface area contributed by atoms with Crippen LogP contribution in [0, 0.1) is 0 Å². The number of benzene rings is 1. The summed E-state index contributed by atoms with van der Waals surface area (Å²) in [6.07, 6.45) is 9.00. The van der Waals surface area contributed by atoms with Crippen molar-refractivity contribution in [1.82, 2.24) is 0 Å². The minimum absolute atomic E-state index is 1.00. The molecular weight excluding hydrogens is 200 g/mol. The van der Waals surface area contributed by atoms with Crippen LogP contribution in [-0.2, 0) is 0 Å². The molecule has 1 aromatic carbocycles. The molecule has 1 aliphatic carbocycles. The van der Waals surface area contributed by atoms with Crippen LogP contribution in [0.1, 0.15) is 38.5 Å². The molecule has 0 aromatic heterocycles. The first-order valence-electron chi connectivity index (χ1n) is 5.89. The molecule has 0 unspecified atom stereocenters. The van der Waals surface area contributed by atoms with Gasteiger partial charge in [-0.25, -0.2) is 0 Å². The number of rotatable bonds is 0. The van der Waals surface area contributed by atoms with E-state index >= 15 is 0 Å². The average molecular weight is 226 g/mol. The van der Waals surface area contributed by atoms with Crippen LogP contribution < -0.4 is 0 Å². The summed E-state index contributed by atoms with van der Waals surface area (Å²) in [6.45, 7) is 0. The lowest BCUT2D eigenvalue weighted by Crippen LogP contribution is -1.85. The van der Waals surface area contributed by atoms with Gasteiger partial charge in [0.05, 0.1) is 0 Å². The summed E-state index contributed by atoms with van der Waals surface area (Å²) in [6, 6.07) is 12.0. The largest absolute Gasteiger partial charge is 0.400 e. The standard InChI is InChI=1S/C6H12.C6H6.2CH4O/c2*1-2-4-6-5-3-1;2*1-2/h1-6H2;1-6H;2*2H,1H3. The fourth-order valence-electron chi connectivity index (χ4n) is 1.45.